The summed E-state index contributed by atoms with van der Waals surface area (Å²) in [5.41, 5.74) is -1.38. The van der Waals surface area contributed by atoms with Crippen molar-refractivity contribution in [2.75, 3.05) is 35.5 Å². The van der Waals surface area contributed by atoms with Crippen LogP contribution in [-0.2, 0) is 23.9 Å². The minimum atomic E-state index is -1.74. The number of ether oxygens (including phenoxy) is 5. The molecular formula is C20H26O9. The van der Waals surface area contributed by atoms with E-state index in [4.69, 9.17) is 23.7 Å². The van der Waals surface area contributed by atoms with E-state index in [1.54, 1.807) is 0 Å². The van der Waals surface area contributed by atoms with Gasteiger partial charge in [-0.25, -0.2) is 0 Å². The van der Waals surface area contributed by atoms with E-state index >= 15 is 0 Å². The van der Waals surface area contributed by atoms with Crippen molar-refractivity contribution in [3.8, 4) is 17.2 Å². The van der Waals surface area contributed by atoms with Crippen LogP contribution in [0.3, 0.4) is 0 Å². The summed E-state index contributed by atoms with van der Waals surface area (Å²) >= 11 is 0. The standard InChI is InChI=1S/C20H26O9/c1-20(24)9-11(21)15(18(22)28-5)14(16(20)19(23)29-6)10-7-12(25-2)17(27-4)13(8-10)26-3/h7-8,14-16,24H,9H2,1-6H3/t14-,15+,16+,20-/m0/s1. The molecule has 0 unspecified atom stereocenters. The summed E-state index contributed by atoms with van der Waals surface area (Å²) < 4.78 is 25.7. The molecule has 0 spiro atoms. The van der Waals surface area contributed by atoms with Gasteiger partial charge in [0.05, 0.1) is 47.1 Å². The van der Waals surface area contributed by atoms with Crippen LogP contribution in [0.1, 0.15) is 24.8 Å². The maximum absolute atomic E-state index is 12.8. The largest absolute Gasteiger partial charge is 0.493 e. The molecule has 2 rings (SSSR count). The van der Waals surface area contributed by atoms with Crippen molar-refractivity contribution in [1.29, 1.82) is 0 Å². The SMILES string of the molecule is COC(=O)[C@@H]1C(=O)C[C@](C)(O)[C@@H](C(=O)OC)[C@H]1c1cc(OC)c(OC)c(OC)c1. The zero-order chi connectivity index (χ0) is 21.9. The fourth-order valence-corrected chi connectivity index (χ4v) is 3.96. The van der Waals surface area contributed by atoms with E-state index in [0.29, 0.717) is 11.3 Å². The van der Waals surface area contributed by atoms with Crippen LogP contribution in [0.5, 0.6) is 17.2 Å². The molecule has 1 aromatic carbocycles. The van der Waals surface area contributed by atoms with Crippen molar-refractivity contribution < 1.29 is 43.2 Å². The molecule has 0 saturated heterocycles. The van der Waals surface area contributed by atoms with Gasteiger partial charge in [0.15, 0.2) is 17.3 Å². The zero-order valence-corrected chi connectivity index (χ0v) is 17.3. The van der Waals surface area contributed by atoms with E-state index in [0.717, 1.165) is 7.11 Å². The van der Waals surface area contributed by atoms with Crippen LogP contribution in [0.15, 0.2) is 12.1 Å². The first-order valence-electron chi connectivity index (χ1n) is 8.87. The van der Waals surface area contributed by atoms with Gasteiger partial charge in [-0.2, -0.15) is 0 Å². The Morgan fingerprint density at radius 1 is 0.966 bits per heavy atom. The second-order valence-corrected chi connectivity index (χ2v) is 6.99. The number of ketones is 1. The molecule has 1 saturated carbocycles. The highest BCUT2D eigenvalue weighted by molar-refractivity contribution is 6.02. The summed E-state index contributed by atoms with van der Waals surface area (Å²) in [5, 5.41) is 10.9. The van der Waals surface area contributed by atoms with Crippen LogP contribution in [0.4, 0.5) is 0 Å². The lowest BCUT2D eigenvalue weighted by Crippen LogP contribution is -2.55. The van der Waals surface area contributed by atoms with E-state index in [1.807, 2.05) is 0 Å². The van der Waals surface area contributed by atoms with Crippen LogP contribution in [0.25, 0.3) is 0 Å². The number of benzene rings is 1. The second kappa shape index (κ2) is 8.69. The van der Waals surface area contributed by atoms with Crippen molar-refractivity contribution in [2.45, 2.75) is 24.9 Å². The molecule has 0 amide bonds. The Kier molecular flexibility index (Phi) is 6.73. The van der Waals surface area contributed by atoms with Crippen LogP contribution in [0.2, 0.25) is 0 Å². The van der Waals surface area contributed by atoms with Gasteiger partial charge in [-0.1, -0.05) is 0 Å². The fourth-order valence-electron chi connectivity index (χ4n) is 3.96. The summed E-state index contributed by atoms with van der Waals surface area (Å²) in [7, 11) is 6.59. The first kappa shape index (κ1) is 22.5. The van der Waals surface area contributed by atoms with E-state index in [2.05, 4.69) is 0 Å². The van der Waals surface area contributed by atoms with Gasteiger partial charge < -0.3 is 28.8 Å². The molecule has 9 heteroatoms. The summed E-state index contributed by atoms with van der Waals surface area (Å²) in [6, 6.07) is 3.07. The molecule has 0 bridgehead atoms. The second-order valence-electron chi connectivity index (χ2n) is 6.99. The number of rotatable bonds is 6. The highest BCUT2D eigenvalue weighted by Gasteiger charge is 2.57. The lowest BCUT2D eigenvalue weighted by atomic mass is 9.61. The molecule has 1 aromatic rings. The van der Waals surface area contributed by atoms with E-state index < -0.39 is 47.5 Å². The summed E-state index contributed by atoms with van der Waals surface area (Å²) in [5.74, 6) is -4.85. The third kappa shape index (κ3) is 4.00. The number of hydrogen-bond donors (Lipinski definition) is 1. The van der Waals surface area contributed by atoms with Gasteiger partial charge in [-0.05, 0) is 24.6 Å². The Morgan fingerprint density at radius 3 is 1.90 bits per heavy atom. The minimum Gasteiger partial charge on any atom is -0.493 e. The Hall–Kier alpha value is -2.81. The Balaban J connectivity index is 2.80. The summed E-state index contributed by atoms with van der Waals surface area (Å²) in [6.07, 6.45) is -0.395. The molecule has 1 fully saturated rings. The maximum Gasteiger partial charge on any atom is 0.316 e. The van der Waals surface area contributed by atoms with E-state index in [1.165, 1.54) is 47.5 Å². The molecule has 29 heavy (non-hydrogen) atoms. The molecular weight excluding hydrogens is 384 g/mol. The van der Waals surface area contributed by atoms with Crippen LogP contribution in [0, 0.1) is 11.8 Å². The Labute approximate surface area is 168 Å². The average molecular weight is 410 g/mol. The molecule has 0 aromatic heterocycles. The first-order valence-corrected chi connectivity index (χ1v) is 8.87. The Bertz CT molecular complexity index is 774. The molecule has 0 aliphatic heterocycles. The van der Waals surface area contributed by atoms with Gasteiger partial charge in [-0.3, -0.25) is 14.4 Å². The lowest BCUT2D eigenvalue weighted by Gasteiger charge is -2.43. The predicted octanol–water partition coefficient (Wildman–Crippen LogP) is 1.10. The third-order valence-electron chi connectivity index (χ3n) is 5.25. The van der Waals surface area contributed by atoms with Gasteiger partial charge >= 0.3 is 11.9 Å². The van der Waals surface area contributed by atoms with Gasteiger partial charge in [0.2, 0.25) is 5.75 Å². The fraction of sp³-hybridized carbons (Fsp3) is 0.550. The van der Waals surface area contributed by atoms with Gasteiger partial charge in [-0.15, -0.1) is 0 Å². The topological polar surface area (TPSA) is 118 Å². The lowest BCUT2D eigenvalue weighted by molar-refractivity contribution is -0.170. The number of methoxy groups -OCH3 is 5. The number of aliphatic hydroxyl groups is 1. The Morgan fingerprint density at radius 2 is 1.48 bits per heavy atom. The molecule has 9 nitrogen and oxygen atoms in total. The van der Waals surface area contributed by atoms with Crippen molar-refractivity contribution >= 4 is 17.7 Å². The maximum atomic E-state index is 12.8. The smallest absolute Gasteiger partial charge is 0.316 e. The molecule has 1 aliphatic rings. The highest BCUT2D eigenvalue weighted by Crippen LogP contribution is 2.49. The zero-order valence-electron chi connectivity index (χ0n) is 17.3. The van der Waals surface area contributed by atoms with Gasteiger partial charge in [0, 0.05) is 12.3 Å². The number of hydrogen-bond acceptors (Lipinski definition) is 9. The molecule has 1 aliphatic carbocycles. The number of carbonyl (C=O) groups excluding carboxylic acids is 3. The monoisotopic (exact) mass is 410 g/mol. The highest BCUT2D eigenvalue weighted by atomic mass is 16.5. The summed E-state index contributed by atoms with van der Waals surface area (Å²) in [4.78, 5) is 37.9. The van der Waals surface area contributed by atoms with Gasteiger partial charge in [0.1, 0.15) is 5.92 Å². The van der Waals surface area contributed by atoms with Gasteiger partial charge in [0.25, 0.3) is 0 Å². The summed E-state index contributed by atoms with van der Waals surface area (Å²) in [6.45, 7) is 1.37. The predicted molar refractivity (Wildman–Crippen MR) is 100 cm³/mol. The number of esters is 2. The molecule has 160 valence electrons. The van der Waals surface area contributed by atoms with Crippen molar-refractivity contribution in [2.24, 2.45) is 11.8 Å². The molecule has 4 atom stereocenters. The molecule has 1 N–H and O–H groups in total. The van der Waals surface area contributed by atoms with Crippen LogP contribution >= 0.6 is 0 Å². The molecule has 0 radical (unpaired) electrons. The third-order valence-corrected chi connectivity index (χ3v) is 5.25. The van der Waals surface area contributed by atoms with Crippen molar-refractivity contribution in [3.05, 3.63) is 17.7 Å². The number of Topliss-reactive ketones (excluding diaryl/α,β-unsaturated/α-hetero) is 1. The minimum absolute atomic E-state index is 0.270. The normalized spacial score (nSPS) is 26.4. The van der Waals surface area contributed by atoms with Crippen LogP contribution in [-0.4, -0.2) is 64.0 Å². The number of carbonyl (C=O) groups is 3. The van der Waals surface area contributed by atoms with Crippen molar-refractivity contribution in [1.82, 2.24) is 0 Å². The van der Waals surface area contributed by atoms with E-state index in [-0.39, 0.29) is 11.5 Å². The van der Waals surface area contributed by atoms with Crippen LogP contribution < -0.4 is 14.2 Å². The van der Waals surface area contributed by atoms with Crippen molar-refractivity contribution in [3.63, 3.8) is 0 Å². The van der Waals surface area contributed by atoms with E-state index in [9.17, 15) is 19.5 Å². The average Bonchev–Trinajstić information content (AvgIpc) is 2.70. The first-order chi connectivity index (χ1) is 13.7. The molecule has 0 heterocycles. The quantitative estimate of drug-likeness (QED) is 0.543.